The van der Waals surface area contributed by atoms with Gasteiger partial charge in [0, 0.05) is 13.0 Å². The fourth-order valence-corrected chi connectivity index (χ4v) is 4.14. The number of amides is 2. The molecular weight excluding hydrogens is 446 g/mol. The molecule has 0 saturated carbocycles. The van der Waals surface area contributed by atoms with Crippen LogP contribution in [-0.2, 0) is 25.5 Å². The second-order valence-electron chi connectivity index (χ2n) is 9.75. The van der Waals surface area contributed by atoms with Gasteiger partial charge in [-0.1, -0.05) is 60.7 Å². The summed E-state index contributed by atoms with van der Waals surface area (Å²) in [5.41, 5.74) is 1.16. The molecule has 2 amide bonds. The first-order valence-electron chi connectivity index (χ1n) is 11.8. The largest absolute Gasteiger partial charge is 0.467 e. The highest BCUT2D eigenvalue weighted by Crippen LogP contribution is 2.25. The van der Waals surface area contributed by atoms with Gasteiger partial charge in [0.15, 0.2) is 0 Å². The Morgan fingerprint density at radius 3 is 2.23 bits per heavy atom. The lowest BCUT2D eigenvalue weighted by atomic mass is 9.96. The number of hydrogen-bond donors (Lipinski definition) is 2. The maximum absolute atomic E-state index is 13.5. The van der Waals surface area contributed by atoms with Gasteiger partial charge in [-0.25, -0.2) is 9.59 Å². The lowest BCUT2D eigenvalue weighted by Crippen LogP contribution is -2.65. The minimum absolute atomic E-state index is 0.290. The molecule has 2 N–H and O–H groups in total. The molecule has 0 unspecified atom stereocenters. The van der Waals surface area contributed by atoms with Crippen LogP contribution in [0.2, 0.25) is 0 Å². The predicted octanol–water partition coefficient (Wildman–Crippen LogP) is 3.23. The standard InChI is InChI=1S/C27H35N3O5/c1-18-23(24(31)29-21(25(32)34-5)16-19-12-8-6-9-13-19)28-22(20-14-10-7-11-15-20)17-30(18)26(33)35-27(2,3)4/h6-15,18,21-23,28H,16-17H2,1-5H3,(H,29,31)/t18-,21-,22+,23+/m0/s1. The van der Waals surface area contributed by atoms with Gasteiger partial charge in [0.05, 0.1) is 19.2 Å². The molecule has 2 aromatic carbocycles. The third kappa shape index (κ3) is 7.05. The van der Waals surface area contributed by atoms with E-state index in [1.165, 1.54) is 7.11 Å². The van der Waals surface area contributed by atoms with Crippen LogP contribution < -0.4 is 10.6 Å². The lowest BCUT2D eigenvalue weighted by molar-refractivity contribution is -0.145. The Balaban J connectivity index is 1.85. The van der Waals surface area contributed by atoms with E-state index < -0.39 is 41.7 Å². The number of carbonyl (C=O) groups excluding carboxylic acids is 3. The van der Waals surface area contributed by atoms with Crippen molar-refractivity contribution in [3.8, 4) is 0 Å². The fourth-order valence-electron chi connectivity index (χ4n) is 4.14. The van der Waals surface area contributed by atoms with E-state index in [0.717, 1.165) is 11.1 Å². The highest BCUT2D eigenvalue weighted by molar-refractivity contribution is 5.89. The molecule has 35 heavy (non-hydrogen) atoms. The van der Waals surface area contributed by atoms with Crippen LogP contribution in [-0.4, -0.2) is 60.3 Å². The Kier molecular flexibility index (Phi) is 8.51. The first-order chi connectivity index (χ1) is 16.6. The van der Waals surface area contributed by atoms with Crippen LogP contribution >= 0.6 is 0 Å². The maximum Gasteiger partial charge on any atom is 0.410 e. The summed E-state index contributed by atoms with van der Waals surface area (Å²) in [6.07, 6.45) is -0.197. The quantitative estimate of drug-likeness (QED) is 0.615. The topological polar surface area (TPSA) is 97.0 Å². The fraction of sp³-hybridized carbons (Fsp3) is 0.444. The van der Waals surface area contributed by atoms with Gasteiger partial charge in [0.2, 0.25) is 5.91 Å². The summed E-state index contributed by atoms with van der Waals surface area (Å²) in [7, 11) is 1.30. The van der Waals surface area contributed by atoms with Gasteiger partial charge in [0.25, 0.3) is 0 Å². The van der Waals surface area contributed by atoms with Crippen molar-refractivity contribution in [2.75, 3.05) is 13.7 Å². The summed E-state index contributed by atoms with van der Waals surface area (Å²) < 4.78 is 10.6. The van der Waals surface area contributed by atoms with Crippen LogP contribution in [0.4, 0.5) is 4.79 Å². The van der Waals surface area contributed by atoms with Gasteiger partial charge >= 0.3 is 12.1 Å². The summed E-state index contributed by atoms with van der Waals surface area (Å²) in [5.74, 6) is -0.924. The average Bonchev–Trinajstić information content (AvgIpc) is 2.83. The molecule has 0 aliphatic carbocycles. The maximum atomic E-state index is 13.5. The highest BCUT2D eigenvalue weighted by atomic mass is 16.6. The molecule has 3 rings (SSSR count). The molecule has 1 saturated heterocycles. The summed E-state index contributed by atoms with van der Waals surface area (Å²) in [4.78, 5) is 40.6. The van der Waals surface area contributed by atoms with Crippen LogP contribution in [0.15, 0.2) is 60.7 Å². The van der Waals surface area contributed by atoms with Crippen molar-refractivity contribution >= 4 is 18.0 Å². The molecule has 0 bridgehead atoms. The van der Waals surface area contributed by atoms with E-state index in [0.29, 0.717) is 6.54 Å². The molecule has 0 aromatic heterocycles. The normalized spacial score (nSPS) is 21.1. The van der Waals surface area contributed by atoms with E-state index in [4.69, 9.17) is 9.47 Å². The van der Waals surface area contributed by atoms with E-state index >= 15 is 0 Å². The lowest BCUT2D eigenvalue weighted by Gasteiger charge is -2.43. The second-order valence-corrected chi connectivity index (χ2v) is 9.75. The van der Waals surface area contributed by atoms with Crippen molar-refractivity contribution in [3.05, 3.63) is 71.8 Å². The molecule has 0 radical (unpaired) electrons. The summed E-state index contributed by atoms with van der Waals surface area (Å²) in [6.45, 7) is 7.56. The Labute approximate surface area is 207 Å². The summed E-state index contributed by atoms with van der Waals surface area (Å²) in [5, 5.41) is 6.22. The molecule has 1 fully saturated rings. The SMILES string of the molecule is COC(=O)[C@H](Cc1ccccc1)NC(=O)[C@@H]1N[C@@H](c2ccccc2)CN(C(=O)OC(C)(C)C)[C@H]1C. The van der Waals surface area contributed by atoms with E-state index in [9.17, 15) is 14.4 Å². The average molecular weight is 482 g/mol. The van der Waals surface area contributed by atoms with Gasteiger partial charge in [-0.2, -0.15) is 0 Å². The van der Waals surface area contributed by atoms with Crippen molar-refractivity contribution in [2.45, 2.75) is 63.9 Å². The number of methoxy groups -OCH3 is 1. The third-order valence-electron chi connectivity index (χ3n) is 5.93. The van der Waals surface area contributed by atoms with Crippen LogP contribution in [0.3, 0.4) is 0 Å². The number of rotatable bonds is 6. The molecule has 0 spiro atoms. The van der Waals surface area contributed by atoms with E-state index in [2.05, 4.69) is 10.6 Å². The Bertz CT molecular complexity index is 1010. The van der Waals surface area contributed by atoms with Crippen molar-refractivity contribution in [3.63, 3.8) is 0 Å². The van der Waals surface area contributed by atoms with Crippen molar-refractivity contribution in [1.29, 1.82) is 0 Å². The molecule has 1 heterocycles. The monoisotopic (exact) mass is 481 g/mol. The van der Waals surface area contributed by atoms with Crippen LogP contribution in [0.5, 0.6) is 0 Å². The van der Waals surface area contributed by atoms with Crippen LogP contribution in [0.25, 0.3) is 0 Å². The number of hydrogen-bond acceptors (Lipinski definition) is 6. The van der Waals surface area contributed by atoms with Gasteiger partial charge in [-0.3, -0.25) is 10.1 Å². The Hall–Kier alpha value is -3.39. The van der Waals surface area contributed by atoms with Crippen LogP contribution in [0.1, 0.15) is 44.9 Å². The number of ether oxygens (including phenoxy) is 2. The zero-order valence-electron chi connectivity index (χ0n) is 21.0. The minimum atomic E-state index is -0.865. The predicted molar refractivity (Wildman–Crippen MR) is 133 cm³/mol. The first-order valence-corrected chi connectivity index (χ1v) is 11.8. The van der Waals surface area contributed by atoms with Crippen LogP contribution in [0, 0.1) is 0 Å². The van der Waals surface area contributed by atoms with E-state index in [1.807, 2.05) is 60.7 Å². The summed E-state index contributed by atoms with van der Waals surface area (Å²) in [6, 6.07) is 16.6. The van der Waals surface area contributed by atoms with E-state index in [-0.39, 0.29) is 12.5 Å². The third-order valence-corrected chi connectivity index (χ3v) is 5.93. The van der Waals surface area contributed by atoms with Crippen molar-refractivity contribution in [2.24, 2.45) is 0 Å². The number of benzene rings is 2. The molecule has 1 aliphatic heterocycles. The van der Waals surface area contributed by atoms with Gasteiger partial charge < -0.3 is 19.7 Å². The zero-order valence-corrected chi connectivity index (χ0v) is 21.0. The number of nitrogens with one attached hydrogen (secondary N) is 2. The van der Waals surface area contributed by atoms with Gasteiger partial charge in [0.1, 0.15) is 17.7 Å². The second kappa shape index (κ2) is 11.4. The molecule has 1 aliphatic rings. The minimum Gasteiger partial charge on any atom is -0.467 e. The molecule has 8 heteroatoms. The van der Waals surface area contributed by atoms with Crippen molar-refractivity contribution in [1.82, 2.24) is 15.5 Å². The molecular formula is C27H35N3O5. The Morgan fingerprint density at radius 1 is 1.06 bits per heavy atom. The molecule has 2 aromatic rings. The van der Waals surface area contributed by atoms with E-state index in [1.54, 1.807) is 32.6 Å². The Morgan fingerprint density at radius 2 is 1.66 bits per heavy atom. The number of esters is 1. The van der Waals surface area contributed by atoms with Crippen molar-refractivity contribution < 1.29 is 23.9 Å². The number of carbonyl (C=O) groups is 3. The highest BCUT2D eigenvalue weighted by Gasteiger charge is 2.42. The van der Waals surface area contributed by atoms with Gasteiger partial charge in [-0.05, 0) is 38.8 Å². The number of piperazine rings is 1. The van der Waals surface area contributed by atoms with Gasteiger partial charge in [-0.15, -0.1) is 0 Å². The number of nitrogens with zero attached hydrogens (tertiary/aromatic N) is 1. The molecule has 4 atom stereocenters. The summed E-state index contributed by atoms with van der Waals surface area (Å²) >= 11 is 0. The first kappa shape index (κ1) is 26.2. The zero-order chi connectivity index (χ0) is 25.6. The molecule has 8 nitrogen and oxygen atoms in total. The smallest absolute Gasteiger partial charge is 0.410 e. The molecule has 188 valence electrons.